The molecule has 2 fully saturated rings. The highest BCUT2D eigenvalue weighted by atomic mass is 32.2. The third-order valence-electron chi connectivity index (χ3n) is 4.30. The molecule has 1 unspecified atom stereocenters. The Hall–Kier alpha value is -0.0700. The molecule has 0 amide bonds. The van der Waals surface area contributed by atoms with Gasteiger partial charge in [0.25, 0.3) is 0 Å². The SMILES string of the molecule is CS(=O)(=O)C1CSCCN1CC1(C=O)CCCCC1. The van der Waals surface area contributed by atoms with E-state index in [1.165, 1.54) is 12.7 Å². The monoisotopic (exact) mass is 305 g/mol. The zero-order valence-electron chi connectivity index (χ0n) is 11.5. The summed E-state index contributed by atoms with van der Waals surface area (Å²) in [6.45, 7) is 1.40. The van der Waals surface area contributed by atoms with Crippen LogP contribution in [0.1, 0.15) is 32.1 Å². The number of hydrogen-bond donors (Lipinski definition) is 0. The van der Waals surface area contributed by atoms with Crippen molar-refractivity contribution in [1.29, 1.82) is 0 Å². The molecule has 19 heavy (non-hydrogen) atoms. The van der Waals surface area contributed by atoms with E-state index in [0.717, 1.165) is 44.3 Å². The van der Waals surface area contributed by atoms with E-state index in [2.05, 4.69) is 0 Å². The summed E-state index contributed by atoms with van der Waals surface area (Å²) in [5.41, 5.74) is -0.302. The van der Waals surface area contributed by atoms with Crippen LogP contribution in [0, 0.1) is 5.41 Å². The summed E-state index contributed by atoms with van der Waals surface area (Å²) in [6.07, 6.45) is 7.60. The summed E-state index contributed by atoms with van der Waals surface area (Å²) in [6, 6.07) is 0. The van der Waals surface area contributed by atoms with E-state index in [1.54, 1.807) is 11.8 Å². The number of sulfone groups is 1. The molecule has 110 valence electrons. The zero-order chi connectivity index (χ0) is 13.9. The summed E-state index contributed by atoms with van der Waals surface area (Å²) in [5, 5.41) is -0.412. The molecule has 0 aromatic heterocycles. The van der Waals surface area contributed by atoms with Gasteiger partial charge in [0.2, 0.25) is 0 Å². The lowest BCUT2D eigenvalue weighted by molar-refractivity contribution is -0.119. The van der Waals surface area contributed by atoms with Crippen molar-refractivity contribution in [1.82, 2.24) is 4.90 Å². The predicted octanol–water partition coefficient (Wildman–Crippen LogP) is 1.56. The molecular weight excluding hydrogens is 282 g/mol. The predicted molar refractivity (Wildman–Crippen MR) is 79.1 cm³/mol. The maximum absolute atomic E-state index is 11.9. The van der Waals surface area contributed by atoms with Crippen molar-refractivity contribution in [3.05, 3.63) is 0 Å². The maximum Gasteiger partial charge on any atom is 0.164 e. The lowest BCUT2D eigenvalue weighted by Crippen LogP contribution is -2.52. The second-order valence-electron chi connectivity index (χ2n) is 5.87. The minimum absolute atomic E-state index is 0.302. The van der Waals surface area contributed by atoms with Crippen molar-refractivity contribution in [2.75, 3.05) is 30.9 Å². The molecule has 0 radical (unpaired) electrons. The van der Waals surface area contributed by atoms with E-state index in [0.29, 0.717) is 12.3 Å². The first kappa shape index (κ1) is 15.3. The number of carbonyl (C=O) groups excluding carboxylic acids is 1. The Bertz CT molecular complexity index is 416. The van der Waals surface area contributed by atoms with Crippen LogP contribution in [0.3, 0.4) is 0 Å². The molecule has 1 heterocycles. The van der Waals surface area contributed by atoms with E-state index < -0.39 is 15.2 Å². The second kappa shape index (κ2) is 6.14. The van der Waals surface area contributed by atoms with Crippen LogP contribution >= 0.6 is 11.8 Å². The number of aldehydes is 1. The van der Waals surface area contributed by atoms with Gasteiger partial charge >= 0.3 is 0 Å². The number of carbonyl (C=O) groups is 1. The Balaban J connectivity index is 2.12. The lowest BCUT2D eigenvalue weighted by atomic mass is 9.75. The maximum atomic E-state index is 11.9. The summed E-state index contributed by atoms with van der Waals surface area (Å²) in [5.74, 6) is 1.59. The summed E-state index contributed by atoms with van der Waals surface area (Å²) in [4.78, 5) is 13.6. The third kappa shape index (κ3) is 3.73. The molecule has 1 aliphatic carbocycles. The molecule has 2 rings (SSSR count). The third-order valence-corrected chi connectivity index (χ3v) is 6.99. The Kier molecular flexibility index (Phi) is 4.95. The molecule has 0 bridgehead atoms. The molecule has 2 aliphatic rings. The van der Waals surface area contributed by atoms with Crippen LogP contribution in [0.2, 0.25) is 0 Å². The Morgan fingerprint density at radius 1 is 1.32 bits per heavy atom. The van der Waals surface area contributed by atoms with E-state index >= 15 is 0 Å². The summed E-state index contributed by atoms with van der Waals surface area (Å²) < 4.78 is 23.8. The number of rotatable bonds is 4. The molecule has 0 aromatic carbocycles. The van der Waals surface area contributed by atoms with Crippen molar-refractivity contribution < 1.29 is 13.2 Å². The minimum Gasteiger partial charge on any atom is -0.303 e. The first-order valence-electron chi connectivity index (χ1n) is 6.94. The van der Waals surface area contributed by atoms with Crippen LogP contribution in [-0.2, 0) is 14.6 Å². The average Bonchev–Trinajstić information content (AvgIpc) is 2.39. The molecule has 1 saturated carbocycles. The van der Waals surface area contributed by atoms with E-state index in [4.69, 9.17) is 0 Å². The Morgan fingerprint density at radius 2 is 2.00 bits per heavy atom. The van der Waals surface area contributed by atoms with Crippen molar-refractivity contribution in [2.45, 2.75) is 37.5 Å². The van der Waals surface area contributed by atoms with Crippen LogP contribution in [0.25, 0.3) is 0 Å². The first-order valence-corrected chi connectivity index (χ1v) is 10.0. The fourth-order valence-electron chi connectivity index (χ4n) is 3.16. The average molecular weight is 305 g/mol. The molecule has 0 aromatic rings. The smallest absolute Gasteiger partial charge is 0.164 e. The van der Waals surface area contributed by atoms with Crippen LogP contribution in [-0.4, -0.2) is 55.8 Å². The highest BCUT2D eigenvalue weighted by molar-refractivity contribution is 8.00. The van der Waals surface area contributed by atoms with Gasteiger partial charge in [-0.25, -0.2) is 8.42 Å². The number of nitrogens with zero attached hydrogens (tertiary/aromatic N) is 1. The normalized spacial score (nSPS) is 29.0. The van der Waals surface area contributed by atoms with Gasteiger partial charge in [0.1, 0.15) is 11.7 Å². The quantitative estimate of drug-likeness (QED) is 0.738. The van der Waals surface area contributed by atoms with Gasteiger partial charge in [0.05, 0.1) is 0 Å². The fourth-order valence-corrected chi connectivity index (χ4v) is 6.11. The largest absolute Gasteiger partial charge is 0.303 e. The topological polar surface area (TPSA) is 54.5 Å². The van der Waals surface area contributed by atoms with Gasteiger partial charge in [0.15, 0.2) is 9.84 Å². The van der Waals surface area contributed by atoms with Crippen LogP contribution < -0.4 is 0 Å². The molecule has 1 atom stereocenters. The van der Waals surface area contributed by atoms with E-state index in [-0.39, 0.29) is 5.41 Å². The Labute approximate surface area is 120 Å². The second-order valence-corrected chi connectivity index (χ2v) is 9.22. The van der Waals surface area contributed by atoms with Gasteiger partial charge in [-0.1, -0.05) is 19.3 Å². The number of thioether (sulfide) groups is 1. The van der Waals surface area contributed by atoms with Gasteiger partial charge in [-0.05, 0) is 12.8 Å². The van der Waals surface area contributed by atoms with E-state index in [9.17, 15) is 13.2 Å². The standard InChI is InChI=1S/C13H23NO3S2/c1-19(16,17)12-9-18-8-7-14(12)10-13(11-15)5-3-2-4-6-13/h11-12H,2-10H2,1H3. The molecular formula is C13H23NO3S2. The molecule has 1 saturated heterocycles. The van der Waals surface area contributed by atoms with Crippen LogP contribution in [0.15, 0.2) is 0 Å². The Morgan fingerprint density at radius 3 is 2.58 bits per heavy atom. The van der Waals surface area contributed by atoms with E-state index in [1.807, 2.05) is 4.90 Å². The van der Waals surface area contributed by atoms with Crippen molar-refractivity contribution in [3.63, 3.8) is 0 Å². The zero-order valence-corrected chi connectivity index (χ0v) is 13.1. The van der Waals surface area contributed by atoms with Gasteiger partial charge in [-0.15, -0.1) is 0 Å². The van der Waals surface area contributed by atoms with Crippen LogP contribution in [0.5, 0.6) is 0 Å². The minimum atomic E-state index is -3.07. The van der Waals surface area contributed by atoms with Crippen molar-refractivity contribution in [3.8, 4) is 0 Å². The first-order chi connectivity index (χ1) is 8.97. The van der Waals surface area contributed by atoms with Gasteiger partial charge in [0, 0.05) is 36.3 Å². The molecule has 0 N–H and O–H groups in total. The fraction of sp³-hybridized carbons (Fsp3) is 0.923. The molecule has 4 nitrogen and oxygen atoms in total. The molecule has 1 aliphatic heterocycles. The van der Waals surface area contributed by atoms with Gasteiger partial charge in [-0.2, -0.15) is 11.8 Å². The summed E-state index contributed by atoms with van der Waals surface area (Å²) >= 11 is 1.69. The number of hydrogen-bond acceptors (Lipinski definition) is 5. The van der Waals surface area contributed by atoms with Crippen molar-refractivity contribution >= 4 is 27.9 Å². The van der Waals surface area contributed by atoms with Crippen molar-refractivity contribution in [2.24, 2.45) is 5.41 Å². The lowest BCUT2D eigenvalue weighted by Gasteiger charge is -2.41. The highest BCUT2D eigenvalue weighted by Crippen LogP contribution is 2.36. The molecule has 6 heteroatoms. The van der Waals surface area contributed by atoms with Gasteiger partial charge < -0.3 is 4.79 Å². The van der Waals surface area contributed by atoms with Gasteiger partial charge in [-0.3, -0.25) is 4.90 Å². The molecule has 0 spiro atoms. The highest BCUT2D eigenvalue weighted by Gasteiger charge is 2.39. The summed E-state index contributed by atoms with van der Waals surface area (Å²) in [7, 11) is -3.07. The van der Waals surface area contributed by atoms with Crippen LogP contribution in [0.4, 0.5) is 0 Å².